The fraction of sp³-hybridized carbons (Fsp3) is 0.412. The van der Waals surface area contributed by atoms with E-state index in [0.29, 0.717) is 18.7 Å². The number of carbonyl (C=O) groups excluding carboxylic acids is 1. The van der Waals surface area contributed by atoms with Crippen molar-refractivity contribution in [2.45, 2.75) is 25.7 Å². The van der Waals surface area contributed by atoms with E-state index in [9.17, 15) is 4.79 Å². The lowest BCUT2D eigenvalue weighted by Crippen LogP contribution is -2.34. The van der Waals surface area contributed by atoms with Gasteiger partial charge in [0.2, 0.25) is 0 Å². The number of hydrogen-bond donors (Lipinski definition) is 2. The van der Waals surface area contributed by atoms with Crippen molar-refractivity contribution < 1.29 is 19.0 Å². The summed E-state index contributed by atoms with van der Waals surface area (Å²) in [6, 6.07) is 7.23. The van der Waals surface area contributed by atoms with Crippen molar-refractivity contribution in [3.8, 4) is 11.4 Å². The Morgan fingerprint density at radius 2 is 2.16 bits per heavy atom. The average Bonchev–Trinajstić information content (AvgIpc) is 3.15. The summed E-state index contributed by atoms with van der Waals surface area (Å²) in [6.45, 7) is 4.46. The van der Waals surface area contributed by atoms with Crippen molar-refractivity contribution in [1.29, 1.82) is 0 Å². The number of amides is 1. The van der Waals surface area contributed by atoms with E-state index in [1.54, 1.807) is 19.2 Å². The van der Waals surface area contributed by atoms with Crippen LogP contribution in [0.4, 0.5) is 5.82 Å². The first-order valence-electron chi connectivity index (χ1n) is 7.97. The Hall–Kier alpha value is -2.58. The standard InChI is InChI=1S/C17H22N4O4/c1-17(2)24-10-13(25-17)8-19-16(22)14-9-20-21(15(14)18)11-4-6-12(23-3)7-5-11/h4-7,9,13H,8,10,18H2,1-3H3,(H,19,22). The molecule has 1 saturated heterocycles. The van der Waals surface area contributed by atoms with E-state index in [1.807, 2.05) is 26.0 Å². The Labute approximate surface area is 145 Å². The predicted octanol–water partition coefficient (Wildman–Crippen LogP) is 1.34. The van der Waals surface area contributed by atoms with E-state index < -0.39 is 5.79 Å². The summed E-state index contributed by atoms with van der Waals surface area (Å²) in [4.78, 5) is 12.4. The molecule has 1 unspecified atom stereocenters. The van der Waals surface area contributed by atoms with Crippen LogP contribution in [0, 0.1) is 0 Å². The lowest BCUT2D eigenvalue weighted by molar-refractivity contribution is -0.137. The van der Waals surface area contributed by atoms with Crippen LogP contribution < -0.4 is 15.8 Å². The van der Waals surface area contributed by atoms with Crippen molar-refractivity contribution in [2.75, 3.05) is 26.0 Å². The Bertz CT molecular complexity index is 755. The number of nitrogen functional groups attached to an aromatic ring is 1. The van der Waals surface area contributed by atoms with E-state index in [-0.39, 0.29) is 17.8 Å². The second kappa shape index (κ2) is 6.73. The first-order valence-corrected chi connectivity index (χ1v) is 7.97. The molecule has 134 valence electrons. The van der Waals surface area contributed by atoms with Crippen LogP contribution >= 0.6 is 0 Å². The summed E-state index contributed by atoms with van der Waals surface area (Å²) in [5.41, 5.74) is 7.14. The number of rotatable bonds is 5. The molecule has 8 heteroatoms. The Kier molecular flexibility index (Phi) is 4.65. The quantitative estimate of drug-likeness (QED) is 0.847. The number of nitrogens with one attached hydrogen (secondary N) is 1. The van der Waals surface area contributed by atoms with Crippen LogP contribution in [-0.4, -0.2) is 47.8 Å². The molecule has 0 bridgehead atoms. The maximum Gasteiger partial charge on any atom is 0.256 e. The summed E-state index contributed by atoms with van der Waals surface area (Å²) >= 11 is 0. The van der Waals surface area contributed by atoms with Gasteiger partial charge in [0.1, 0.15) is 23.2 Å². The number of hydrogen-bond acceptors (Lipinski definition) is 6. The number of methoxy groups -OCH3 is 1. The van der Waals surface area contributed by atoms with Gasteiger partial charge in [-0.1, -0.05) is 0 Å². The van der Waals surface area contributed by atoms with Crippen LogP contribution in [0.15, 0.2) is 30.5 Å². The van der Waals surface area contributed by atoms with Crippen molar-refractivity contribution in [2.24, 2.45) is 0 Å². The van der Waals surface area contributed by atoms with Gasteiger partial charge in [-0.2, -0.15) is 5.10 Å². The highest BCUT2D eigenvalue weighted by Crippen LogP contribution is 2.22. The molecule has 1 aliphatic heterocycles. The Balaban J connectivity index is 1.66. The van der Waals surface area contributed by atoms with Gasteiger partial charge in [0, 0.05) is 6.54 Å². The Morgan fingerprint density at radius 3 is 2.76 bits per heavy atom. The lowest BCUT2D eigenvalue weighted by Gasteiger charge is -2.17. The molecule has 1 aromatic heterocycles. The second-order valence-electron chi connectivity index (χ2n) is 6.21. The molecular formula is C17H22N4O4. The minimum atomic E-state index is -0.617. The largest absolute Gasteiger partial charge is 0.497 e. The highest BCUT2D eigenvalue weighted by atomic mass is 16.7. The number of nitrogens with two attached hydrogens (primary N) is 1. The van der Waals surface area contributed by atoms with Crippen LogP contribution in [0.1, 0.15) is 24.2 Å². The summed E-state index contributed by atoms with van der Waals surface area (Å²) in [6.07, 6.45) is 1.27. The molecule has 1 aromatic carbocycles. The molecule has 2 heterocycles. The average molecular weight is 346 g/mol. The zero-order valence-electron chi connectivity index (χ0n) is 14.5. The van der Waals surface area contributed by atoms with Gasteiger partial charge < -0.3 is 25.3 Å². The van der Waals surface area contributed by atoms with E-state index >= 15 is 0 Å². The highest BCUT2D eigenvalue weighted by molar-refractivity contribution is 5.98. The zero-order chi connectivity index (χ0) is 18.0. The van der Waals surface area contributed by atoms with Crippen molar-refractivity contribution in [3.63, 3.8) is 0 Å². The van der Waals surface area contributed by atoms with Gasteiger partial charge in [-0.15, -0.1) is 0 Å². The van der Waals surface area contributed by atoms with Crippen LogP contribution in [0.5, 0.6) is 5.75 Å². The molecule has 0 radical (unpaired) electrons. The summed E-state index contributed by atoms with van der Waals surface area (Å²) in [5, 5.41) is 7.00. The van der Waals surface area contributed by atoms with Gasteiger partial charge >= 0.3 is 0 Å². The summed E-state index contributed by atoms with van der Waals surface area (Å²) in [7, 11) is 1.60. The fourth-order valence-corrected chi connectivity index (χ4v) is 2.63. The molecule has 0 aliphatic carbocycles. The molecule has 1 aliphatic rings. The smallest absolute Gasteiger partial charge is 0.256 e. The third-order valence-electron chi connectivity index (χ3n) is 3.93. The highest BCUT2D eigenvalue weighted by Gasteiger charge is 2.32. The first kappa shape index (κ1) is 17.2. The molecule has 1 atom stereocenters. The molecule has 1 amide bonds. The van der Waals surface area contributed by atoms with Crippen molar-refractivity contribution in [3.05, 3.63) is 36.0 Å². The van der Waals surface area contributed by atoms with Crippen LogP contribution in [-0.2, 0) is 9.47 Å². The van der Waals surface area contributed by atoms with E-state index in [4.69, 9.17) is 19.9 Å². The Morgan fingerprint density at radius 1 is 1.44 bits per heavy atom. The van der Waals surface area contributed by atoms with E-state index in [2.05, 4.69) is 10.4 Å². The lowest BCUT2D eigenvalue weighted by atomic mass is 10.2. The van der Waals surface area contributed by atoms with Crippen LogP contribution in [0.2, 0.25) is 0 Å². The molecule has 25 heavy (non-hydrogen) atoms. The number of aromatic nitrogens is 2. The van der Waals surface area contributed by atoms with Gasteiger partial charge in [0.05, 0.1) is 25.6 Å². The number of nitrogens with zero attached hydrogens (tertiary/aromatic N) is 2. The predicted molar refractivity (Wildman–Crippen MR) is 91.8 cm³/mol. The van der Waals surface area contributed by atoms with Crippen molar-refractivity contribution in [1.82, 2.24) is 15.1 Å². The third kappa shape index (κ3) is 3.75. The molecule has 3 N–H and O–H groups in total. The number of benzene rings is 1. The molecular weight excluding hydrogens is 324 g/mol. The van der Waals surface area contributed by atoms with Gasteiger partial charge in [-0.25, -0.2) is 4.68 Å². The second-order valence-corrected chi connectivity index (χ2v) is 6.21. The molecule has 2 aromatic rings. The maximum absolute atomic E-state index is 12.4. The molecule has 3 rings (SSSR count). The number of carbonyl (C=O) groups is 1. The SMILES string of the molecule is COc1ccc(-n2ncc(C(=O)NCC3COC(C)(C)O3)c2N)cc1. The third-order valence-corrected chi connectivity index (χ3v) is 3.93. The monoisotopic (exact) mass is 346 g/mol. The topological polar surface area (TPSA) is 101 Å². The van der Waals surface area contributed by atoms with Crippen LogP contribution in [0.25, 0.3) is 5.69 Å². The zero-order valence-corrected chi connectivity index (χ0v) is 14.5. The normalized spacial score (nSPS) is 18.9. The number of anilines is 1. The summed E-state index contributed by atoms with van der Waals surface area (Å²) < 4.78 is 17.8. The van der Waals surface area contributed by atoms with Gasteiger partial charge in [0.15, 0.2) is 5.79 Å². The minimum Gasteiger partial charge on any atom is -0.497 e. The fourth-order valence-electron chi connectivity index (χ4n) is 2.63. The van der Waals surface area contributed by atoms with E-state index in [1.165, 1.54) is 10.9 Å². The molecule has 8 nitrogen and oxygen atoms in total. The van der Waals surface area contributed by atoms with Gasteiger partial charge in [0.25, 0.3) is 5.91 Å². The minimum absolute atomic E-state index is 0.184. The number of ether oxygens (including phenoxy) is 3. The van der Waals surface area contributed by atoms with Crippen molar-refractivity contribution >= 4 is 11.7 Å². The molecule has 0 saturated carbocycles. The van der Waals surface area contributed by atoms with Gasteiger partial charge in [-0.05, 0) is 38.1 Å². The maximum atomic E-state index is 12.4. The molecule has 0 spiro atoms. The summed E-state index contributed by atoms with van der Waals surface area (Å²) in [5.74, 6) is 0.0829. The molecule has 1 fully saturated rings. The van der Waals surface area contributed by atoms with Crippen LogP contribution in [0.3, 0.4) is 0 Å². The van der Waals surface area contributed by atoms with E-state index in [0.717, 1.165) is 11.4 Å². The first-order chi connectivity index (χ1) is 11.9. The van der Waals surface area contributed by atoms with Gasteiger partial charge in [-0.3, -0.25) is 4.79 Å².